The second-order valence-corrected chi connectivity index (χ2v) is 8.54. The maximum atomic E-state index is 13.7. The van der Waals surface area contributed by atoms with Crippen LogP contribution in [-0.2, 0) is 4.79 Å². The summed E-state index contributed by atoms with van der Waals surface area (Å²) in [7, 11) is 2.03. The molecule has 2 saturated heterocycles. The van der Waals surface area contributed by atoms with Crippen LogP contribution < -0.4 is 0 Å². The van der Waals surface area contributed by atoms with E-state index in [1.54, 1.807) is 4.90 Å². The number of carboxylic acid groups (broad SMARTS) is 1. The normalized spacial score (nSPS) is 20.9. The lowest BCUT2D eigenvalue weighted by atomic mass is 9.74. The first-order valence-corrected chi connectivity index (χ1v) is 10.5. The first-order valence-electron chi connectivity index (χ1n) is 10.5. The Balaban J connectivity index is 1.66. The highest BCUT2D eigenvalue weighted by Crippen LogP contribution is 2.39. The van der Waals surface area contributed by atoms with Gasteiger partial charge in [-0.2, -0.15) is 0 Å². The van der Waals surface area contributed by atoms with Gasteiger partial charge in [-0.3, -0.25) is 4.79 Å². The number of nitrogens with zero attached hydrogens (tertiary/aromatic N) is 3. The van der Waals surface area contributed by atoms with Gasteiger partial charge in [0.15, 0.2) is 0 Å². The Morgan fingerprint density at radius 1 is 0.900 bits per heavy atom. The van der Waals surface area contributed by atoms with Crippen LogP contribution in [0.15, 0.2) is 42.5 Å². The first kappa shape index (κ1) is 20.6. The number of hydrogen-bond donors (Lipinski definition) is 2. The van der Waals surface area contributed by atoms with Crippen molar-refractivity contribution >= 4 is 22.8 Å². The Hall–Kier alpha value is -2.64. The lowest BCUT2D eigenvalue weighted by molar-refractivity contribution is -0.144. The zero-order chi connectivity index (χ0) is 21.3. The minimum Gasteiger partial charge on any atom is -0.465 e. The molecule has 2 aromatic carbocycles. The highest BCUT2D eigenvalue weighted by molar-refractivity contribution is 5.89. The van der Waals surface area contributed by atoms with Gasteiger partial charge in [0.2, 0.25) is 5.91 Å². The molecule has 2 aromatic rings. The molecule has 0 aromatic heterocycles. The van der Waals surface area contributed by atoms with Gasteiger partial charge < -0.3 is 24.9 Å². The van der Waals surface area contributed by atoms with Gasteiger partial charge in [0, 0.05) is 39.3 Å². The SMILES string of the molecule is CN1CCC(O)(C(C(=O)N2CCN(C(=O)O)CC2)c2ccc3ccccc3c2)CC1. The molecule has 0 aliphatic carbocycles. The average molecular weight is 412 g/mol. The van der Waals surface area contributed by atoms with Gasteiger partial charge in [0.05, 0.1) is 11.5 Å². The third kappa shape index (κ3) is 4.00. The molecule has 0 spiro atoms. The number of benzene rings is 2. The van der Waals surface area contributed by atoms with E-state index in [0.717, 1.165) is 29.4 Å². The predicted molar refractivity (Wildman–Crippen MR) is 115 cm³/mol. The molecule has 2 N–H and O–H groups in total. The number of fused-ring (bicyclic) bond motifs is 1. The van der Waals surface area contributed by atoms with E-state index < -0.39 is 17.6 Å². The number of likely N-dealkylation sites (tertiary alicyclic amines) is 1. The zero-order valence-electron chi connectivity index (χ0n) is 17.3. The van der Waals surface area contributed by atoms with Gasteiger partial charge in [-0.25, -0.2) is 4.79 Å². The van der Waals surface area contributed by atoms with Crippen molar-refractivity contribution < 1.29 is 19.8 Å². The Bertz CT molecular complexity index is 931. The van der Waals surface area contributed by atoms with Crippen LogP contribution in [0.4, 0.5) is 4.79 Å². The second-order valence-electron chi connectivity index (χ2n) is 8.54. The Labute approximate surface area is 176 Å². The molecule has 1 atom stereocenters. The molecule has 0 saturated carbocycles. The van der Waals surface area contributed by atoms with Crippen molar-refractivity contribution in [3.63, 3.8) is 0 Å². The quantitative estimate of drug-likeness (QED) is 0.809. The largest absolute Gasteiger partial charge is 0.465 e. The third-order valence-electron chi connectivity index (χ3n) is 6.61. The lowest BCUT2D eigenvalue weighted by Crippen LogP contribution is -2.56. The number of hydrogen-bond acceptors (Lipinski definition) is 4. The Kier molecular flexibility index (Phi) is 5.66. The van der Waals surface area contributed by atoms with Crippen LogP contribution in [-0.4, -0.2) is 88.8 Å². The number of piperidine rings is 1. The van der Waals surface area contributed by atoms with Crippen molar-refractivity contribution in [3.05, 3.63) is 48.0 Å². The van der Waals surface area contributed by atoms with Crippen molar-refractivity contribution in [2.45, 2.75) is 24.4 Å². The second kappa shape index (κ2) is 8.24. The smallest absolute Gasteiger partial charge is 0.407 e. The van der Waals surface area contributed by atoms with Crippen LogP contribution in [0.25, 0.3) is 10.8 Å². The van der Waals surface area contributed by atoms with E-state index in [1.807, 2.05) is 49.5 Å². The molecule has 2 aliphatic rings. The number of aliphatic hydroxyl groups is 1. The highest BCUT2D eigenvalue weighted by Gasteiger charge is 2.46. The summed E-state index contributed by atoms with van der Waals surface area (Å²) >= 11 is 0. The molecule has 2 aliphatic heterocycles. The van der Waals surface area contributed by atoms with Crippen LogP contribution >= 0.6 is 0 Å². The van der Waals surface area contributed by atoms with Crippen LogP contribution in [0.3, 0.4) is 0 Å². The number of piperazine rings is 1. The summed E-state index contributed by atoms with van der Waals surface area (Å²) in [5, 5.41) is 23.0. The molecule has 2 heterocycles. The fourth-order valence-corrected chi connectivity index (χ4v) is 4.67. The van der Waals surface area contributed by atoms with Crippen molar-refractivity contribution in [2.24, 2.45) is 0 Å². The van der Waals surface area contributed by atoms with E-state index in [1.165, 1.54) is 4.90 Å². The fraction of sp³-hybridized carbons (Fsp3) is 0.478. The van der Waals surface area contributed by atoms with Crippen molar-refractivity contribution in [3.8, 4) is 0 Å². The van der Waals surface area contributed by atoms with Gasteiger partial charge in [-0.1, -0.05) is 42.5 Å². The van der Waals surface area contributed by atoms with E-state index >= 15 is 0 Å². The molecule has 0 bridgehead atoms. The Morgan fingerprint density at radius 3 is 2.13 bits per heavy atom. The summed E-state index contributed by atoms with van der Waals surface area (Å²) < 4.78 is 0. The van der Waals surface area contributed by atoms with Gasteiger partial charge >= 0.3 is 6.09 Å². The summed E-state index contributed by atoms with van der Waals surface area (Å²) in [6.45, 7) is 2.77. The standard InChI is InChI=1S/C23H29N3O4/c1-24-10-8-23(30,9-11-24)20(19-7-6-17-4-2-3-5-18(17)16-19)21(27)25-12-14-26(15-13-25)22(28)29/h2-7,16,20,30H,8-15H2,1H3,(H,28,29). The molecular weight excluding hydrogens is 382 g/mol. The molecule has 7 nitrogen and oxygen atoms in total. The monoisotopic (exact) mass is 411 g/mol. The predicted octanol–water partition coefficient (Wildman–Crippen LogP) is 2.20. The summed E-state index contributed by atoms with van der Waals surface area (Å²) in [4.78, 5) is 30.1. The van der Waals surface area contributed by atoms with E-state index in [4.69, 9.17) is 0 Å². The van der Waals surface area contributed by atoms with E-state index in [9.17, 15) is 19.8 Å². The van der Waals surface area contributed by atoms with Crippen molar-refractivity contribution in [1.82, 2.24) is 14.7 Å². The summed E-state index contributed by atoms with van der Waals surface area (Å²) in [5.41, 5.74) is -0.290. The molecule has 2 fully saturated rings. The van der Waals surface area contributed by atoms with Gasteiger partial charge in [-0.15, -0.1) is 0 Å². The summed E-state index contributed by atoms with van der Waals surface area (Å²) in [6.07, 6.45) is 0.103. The molecule has 30 heavy (non-hydrogen) atoms. The lowest BCUT2D eigenvalue weighted by Gasteiger charge is -2.44. The molecule has 2 amide bonds. The average Bonchev–Trinajstić information content (AvgIpc) is 2.76. The number of amides is 2. The highest BCUT2D eigenvalue weighted by atomic mass is 16.4. The van der Waals surface area contributed by atoms with Crippen LogP contribution in [0, 0.1) is 0 Å². The number of carbonyl (C=O) groups excluding carboxylic acids is 1. The first-order chi connectivity index (χ1) is 14.4. The number of rotatable bonds is 3. The topological polar surface area (TPSA) is 84.3 Å². The Morgan fingerprint density at radius 2 is 1.50 bits per heavy atom. The van der Waals surface area contributed by atoms with Crippen LogP contribution in [0.5, 0.6) is 0 Å². The zero-order valence-corrected chi connectivity index (χ0v) is 17.3. The van der Waals surface area contributed by atoms with Crippen molar-refractivity contribution in [2.75, 3.05) is 46.3 Å². The van der Waals surface area contributed by atoms with Gasteiger partial charge in [0.25, 0.3) is 0 Å². The number of carbonyl (C=O) groups is 2. The molecule has 160 valence electrons. The molecule has 0 radical (unpaired) electrons. The van der Waals surface area contributed by atoms with Crippen molar-refractivity contribution in [1.29, 1.82) is 0 Å². The van der Waals surface area contributed by atoms with E-state index in [2.05, 4.69) is 4.90 Å². The third-order valence-corrected chi connectivity index (χ3v) is 6.61. The maximum Gasteiger partial charge on any atom is 0.407 e. The van der Waals surface area contributed by atoms with Crippen LogP contribution in [0.2, 0.25) is 0 Å². The van der Waals surface area contributed by atoms with Gasteiger partial charge in [-0.05, 0) is 36.2 Å². The van der Waals surface area contributed by atoms with Gasteiger partial charge in [0.1, 0.15) is 0 Å². The fourth-order valence-electron chi connectivity index (χ4n) is 4.67. The maximum absolute atomic E-state index is 13.7. The molecular formula is C23H29N3O4. The molecule has 7 heteroatoms. The molecule has 4 rings (SSSR count). The minimum absolute atomic E-state index is 0.109. The minimum atomic E-state index is -1.12. The van der Waals surface area contributed by atoms with E-state index in [-0.39, 0.29) is 5.91 Å². The summed E-state index contributed by atoms with van der Waals surface area (Å²) in [5.74, 6) is -0.769. The molecule has 1 unspecified atom stereocenters. The van der Waals surface area contributed by atoms with Crippen LogP contribution in [0.1, 0.15) is 24.3 Å². The summed E-state index contributed by atoms with van der Waals surface area (Å²) in [6, 6.07) is 14.0. The van der Waals surface area contributed by atoms with E-state index in [0.29, 0.717) is 39.0 Å².